The molecule has 1 aromatic carbocycles. The first kappa shape index (κ1) is 31.0. The highest BCUT2D eigenvalue weighted by atomic mass is 35.5. The number of Topliss-reactive ketones (excluding diaryl/α,β-unsaturated/α-hetero) is 1. The molecule has 1 fully saturated rings. The zero-order valence-electron chi connectivity index (χ0n) is 20.1. The molecule has 0 aliphatic carbocycles. The number of halogens is 2. The molecule has 0 aromatic heterocycles. The van der Waals surface area contributed by atoms with Crippen LogP contribution < -0.4 is 21.7 Å². The Labute approximate surface area is 220 Å². The first-order valence-electron chi connectivity index (χ1n) is 11.5. The number of amides is 2. The summed E-state index contributed by atoms with van der Waals surface area (Å²) < 4.78 is 0. The molecule has 200 valence electrons. The molecule has 1 aliphatic heterocycles. The monoisotopic (exact) mass is 544 g/mol. The maximum Gasteiger partial charge on any atom is 0.326 e. The summed E-state index contributed by atoms with van der Waals surface area (Å²) >= 11 is 10.0. The van der Waals surface area contributed by atoms with Crippen molar-refractivity contribution in [1.29, 1.82) is 5.41 Å². The number of carbonyl (C=O) groups excluding carboxylic acids is 3. The maximum atomic E-state index is 12.9. The molecule has 7 N–H and O–H groups in total. The third-order valence-corrected chi connectivity index (χ3v) is 5.86. The SMILES string of the molecule is CC(Nc1ccccc1)C(=O)N1CCCC1C(=O)N[C@H](CCCNC(=N)N)C(=O)O.O=C(CCl)CCl. The average Bonchev–Trinajstić information content (AvgIpc) is 3.35. The second kappa shape index (κ2) is 16.6. The molecule has 0 bridgehead atoms. The minimum Gasteiger partial charge on any atom is -0.480 e. The number of nitrogens with one attached hydrogen (secondary N) is 4. The number of hydrogen-bond acceptors (Lipinski definition) is 6. The van der Waals surface area contributed by atoms with Crippen molar-refractivity contribution in [3.05, 3.63) is 30.3 Å². The number of nitrogens with two attached hydrogens (primary N) is 1. The summed E-state index contributed by atoms with van der Waals surface area (Å²) in [7, 11) is 0. The molecule has 2 unspecified atom stereocenters. The van der Waals surface area contributed by atoms with Gasteiger partial charge in [0, 0.05) is 18.8 Å². The number of guanidine groups is 1. The topological polar surface area (TPSA) is 178 Å². The van der Waals surface area contributed by atoms with Gasteiger partial charge in [0.05, 0.1) is 11.8 Å². The highest BCUT2D eigenvalue weighted by Crippen LogP contribution is 2.20. The molecular weight excluding hydrogens is 511 g/mol. The summed E-state index contributed by atoms with van der Waals surface area (Å²) in [6.07, 6.45) is 1.78. The molecule has 0 radical (unpaired) electrons. The second-order valence-corrected chi connectivity index (χ2v) is 8.64. The van der Waals surface area contributed by atoms with Crippen LogP contribution in [0.25, 0.3) is 0 Å². The predicted octanol–water partition coefficient (Wildman–Crippen LogP) is 1.34. The lowest BCUT2D eigenvalue weighted by Crippen LogP contribution is -2.53. The van der Waals surface area contributed by atoms with Crippen molar-refractivity contribution in [2.24, 2.45) is 5.73 Å². The van der Waals surface area contributed by atoms with Crippen LogP contribution in [0.15, 0.2) is 30.3 Å². The number of hydrogen-bond donors (Lipinski definition) is 6. The van der Waals surface area contributed by atoms with Gasteiger partial charge in [-0.15, -0.1) is 23.2 Å². The fourth-order valence-electron chi connectivity index (χ4n) is 3.49. The van der Waals surface area contributed by atoms with E-state index in [1.807, 2.05) is 30.3 Å². The number of carboxylic acids is 1. The normalized spacial score (nSPS) is 16.1. The van der Waals surface area contributed by atoms with Gasteiger partial charge in [0.15, 0.2) is 11.7 Å². The van der Waals surface area contributed by atoms with Crippen LogP contribution in [0.4, 0.5) is 5.69 Å². The number of benzene rings is 1. The van der Waals surface area contributed by atoms with Crippen molar-refractivity contribution in [3.63, 3.8) is 0 Å². The van der Waals surface area contributed by atoms with Crippen LogP contribution in [0.2, 0.25) is 0 Å². The van der Waals surface area contributed by atoms with Gasteiger partial charge in [-0.2, -0.15) is 0 Å². The van der Waals surface area contributed by atoms with Crippen LogP contribution in [0.3, 0.4) is 0 Å². The van der Waals surface area contributed by atoms with Gasteiger partial charge in [-0.3, -0.25) is 19.8 Å². The van der Waals surface area contributed by atoms with Crippen molar-refractivity contribution >= 4 is 58.4 Å². The van der Waals surface area contributed by atoms with Gasteiger partial charge < -0.3 is 31.7 Å². The number of para-hydroxylation sites is 1. The maximum absolute atomic E-state index is 12.9. The number of anilines is 1. The summed E-state index contributed by atoms with van der Waals surface area (Å²) in [6, 6.07) is 7.06. The minimum atomic E-state index is -1.14. The Balaban J connectivity index is 0.000000960. The van der Waals surface area contributed by atoms with Gasteiger partial charge >= 0.3 is 5.97 Å². The zero-order valence-corrected chi connectivity index (χ0v) is 21.6. The second-order valence-electron chi connectivity index (χ2n) is 8.11. The Morgan fingerprint density at radius 3 is 2.36 bits per heavy atom. The predicted molar refractivity (Wildman–Crippen MR) is 139 cm³/mol. The molecule has 36 heavy (non-hydrogen) atoms. The summed E-state index contributed by atoms with van der Waals surface area (Å²) in [5, 5.41) is 24.8. The highest BCUT2D eigenvalue weighted by Gasteiger charge is 2.37. The van der Waals surface area contributed by atoms with Gasteiger partial charge in [0.2, 0.25) is 11.8 Å². The van der Waals surface area contributed by atoms with E-state index in [-0.39, 0.29) is 35.8 Å². The van der Waals surface area contributed by atoms with Crippen molar-refractivity contribution in [2.45, 2.75) is 50.7 Å². The Morgan fingerprint density at radius 1 is 1.19 bits per heavy atom. The van der Waals surface area contributed by atoms with Crippen molar-refractivity contribution in [3.8, 4) is 0 Å². The number of alkyl halides is 2. The van der Waals surface area contributed by atoms with Gasteiger partial charge in [-0.1, -0.05) is 18.2 Å². The molecule has 1 aliphatic rings. The molecule has 13 heteroatoms. The summed E-state index contributed by atoms with van der Waals surface area (Å²) in [6.45, 7) is 2.54. The van der Waals surface area contributed by atoms with Crippen molar-refractivity contribution in [1.82, 2.24) is 15.5 Å². The molecule has 11 nitrogen and oxygen atoms in total. The summed E-state index contributed by atoms with van der Waals surface area (Å²) in [5.41, 5.74) is 6.00. The van der Waals surface area contributed by atoms with Crippen molar-refractivity contribution in [2.75, 3.05) is 30.2 Å². The molecule has 1 aromatic rings. The molecule has 0 saturated carbocycles. The molecule has 1 heterocycles. The molecule has 2 amide bonds. The minimum absolute atomic E-state index is 0.0312. The quantitative estimate of drug-likeness (QED) is 0.0986. The van der Waals surface area contributed by atoms with E-state index in [1.165, 1.54) is 4.90 Å². The van der Waals surface area contributed by atoms with Crippen LogP contribution in [0.1, 0.15) is 32.6 Å². The third kappa shape index (κ3) is 11.1. The van der Waals surface area contributed by atoms with E-state index < -0.39 is 30.0 Å². The van der Waals surface area contributed by atoms with Gasteiger partial charge in [-0.25, -0.2) is 4.79 Å². The third-order valence-electron chi connectivity index (χ3n) is 5.26. The highest BCUT2D eigenvalue weighted by molar-refractivity contribution is 6.35. The fraction of sp³-hybridized carbons (Fsp3) is 0.522. The number of aliphatic carboxylic acids is 1. The van der Waals surface area contributed by atoms with Crippen LogP contribution >= 0.6 is 23.2 Å². The van der Waals surface area contributed by atoms with Crippen LogP contribution in [-0.2, 0) is 19.2 Å². The largest absolute Gasteiger partial charge is 0.480 e. The number of nitrogens with zero attached hydrogens (tertiary/aromatic N) is 1. The molecular formula is C23H34Cl2N6O5. The van der Waals surface area contributed by atoms with Gasteiger partial charge in [0.1, 0.15) is 18.1 Å². The number of ketones is 1. The number of carbonyl (C=O) groups is 4. The van der Waals surface area contributed by atoms with E-state index in [4.69, 9.17) is 34.3 Å². The molecule has 0 spiro atoms. The van der Waals surface area contributed by atoms with E-state index in [9.17, 15) is 24.3 Å². The molecule has 3 atom stereocenters. The average molecular weight is 545 g/mol. The van der Waals surface area contributed by atoms with Crippen LogP contribution in [-0.4, -0.2) is 82.5 Å². The Kier molecular flexibility index (Phi) is 14.3. The lowest BCUT2D eigenvalue weighted by atomic mass is 10.1. The van der Waals surface area contributed by atoms with Crippen molar-refractivity contribution < 1.29 is 24.3 Å². The van der Waals surface area contributed by atoms with E-state index >= 15 is 0 Å². The Bertz CT molecular complexity index is 883. The van der Waals surface area contributed by atoms with Gasteiger partial charge in [0.25, 0.3) is 0 Å². The Morgan fingerprint density at radius 2 is 1.83 bits per heavy atom. The number of rotatable bonds is 12. The first-order valence-corrected chi connectivity index (χ1v) is 12.5. The number of carboxylic acid groups (broad SMARTS) is 1. The van der Waals surface area contributed by atoms with E-state index in [2.05, 4.69) is 16.0 Å². The van der Waals surface area contributed by atoms with Crippen LogP contribution in [0.5, 0.6) is 0 Å². The van der Waals surface area contributed by atoms with Crippen LogP contribution in [0, 0.1) is 5.41 Å². The van der Waals surface area contributed by atoms with Gasteiger partial charge in [-0.05, 0) is 44.7 Å². The first-order chi connectivity index (χ1) is 17.1. The smallest absolute Gasteiger partial charge is 0.326 e. The fourth-order valence-corrected chi connectivity index (χ4v) is 3.77. The lowest BCUT2D eigenvalue weighted by molar-refractivity contribution is -0.144. The van der Waals surface area contributed by atoms with E-state index in [1.54, 1.807) is 6.92 Å². The Hall–Kier alpha value is -3.05. The molecule has 2 rings (SSSR count). The summed E-state index contributed by atoms with van der Waals surface area (Å²) in [5.74, 6) is -2.05. The standard InChI is InChI=1S/C20H30N6O4.C3H4Cl2O/c1-13(24-14-7-3-2-4-8-14)18(28)26-12-6-10-16(26)17(27)25-15(19(29)30)9-5-11-23-20(21)22;4-1-3(6)2-5/h2-4,7-8,13,15-16,24H,5-6,9-12H2,1H3,(H,25,27)(H,29,30)(H4,21,22,23);1-2H2/t13?,15-,16?;/m1./s1. The number of likely N-dealkylation sites (tertiary alicyclic amines) is 1. The lowest BCUT2D eigenvalue weighted by Gasteiger charge is -2.28. The molecule has 1 saturated heterocycles. The van der Waals surface area contributed by atoms with E-state index in [0.717, 1.165) is 5.69 Å². The zero-order chi connectivity index (χ0) is 27.1. The van der Waals surface area contributed by atoms with E-state index in [0.29, 0.717) is 32.4 Å². The summed E-state index contributed by atoms with van der Waals surface area (Å²) in [4.78, 5) is 48.6.